The summed E-state index contributed by atoms with van der Waals surface area (Å²) in [5.41, 5.74) is 3.74. The Balaban J connectivity index is 4.21. The molecule has 0 amide bonds. The van der Waals surface area contributed by atoms with Crippen molar-refractivity contribution in [1.29, 1.82) is 0 Å². The van der Waals surface area contributed by atoms with Gasteiger partial charge in [0.1, 0.15) is 0 Å². The third kappa shape index (κ3) is 4.01. The summed E-state index contributed by atoms with van der Waals surface area (Å²) in [5.74, 6) is 0.233. The molecular formula is C6H16N2O3S. The fourth-order valence-corrected chi connectivity index (χ4v) is 1.50. The lowest BCUT2D eigenvalue weighted by atomic mass is 10.1. The summed E-state index contributed by atoms with van der Waals surface area (Å²) < 4.78 is 21.2. The number of sulfonamides is 1. The van der Waals surface area contributed by atoms with Gasteiger partial charge in [0.2, 0.25) is 10.0 Å². The van der Waals surface area contributed by atoms with Crippen molar-refractivity contribution in [2.24, 2.45) is 16.8 Å². The van der Waals surface area contributed by atoms with Crippen molar-refractivity contribution >= 4 is 10.0 Å². The second kappa shape index (κ2) is 4.18. The van der Waals surface area contributed by atoms with Crippen molar-refractivity contribution in [3.05, 3.63) is 0 Å². The number of rotatable bonds is 4. The van der Waals surface area contributed by atoms with Crippen LogP contribution in [-0.2, 0) is 10.0 Å². The summed E-state index contributed by atoms with van der Waals surface area (Å²) in [5, 5.41) is 13.8. The number of nitrogens with two attached hydrogens (primary N) is 2. The topological polar surface area (TPSA) is 106 Å². The van der Waals surface area contributed by atoms with Crippen molar-refractivity contribution < 1.29 is 13.5 Å². The summed E-state index contributed by atoms with van der Waals surface area (Å²) in [7, 11) is -3.92. The van der Waals surface area contributed by atoms with Gasteiger partial charge in [0.15, 0.2) is 5.44 Å². The zero-order valence-electron chi connectivity index (χ0n) is 7.27. The highest BCUT2D eigenvalue weighted by molar-refractivity contribution is 7.89. The van der Waals surface area contributed by atoms with Crippen LogP contribution in [-0.4, -0.2) is 25.0 Å². The van der Waals surface area contributed by atoms with Crippen LogP contribution >= 0.6 is 0 Å². The molecule has 0 aliphatic carbocycles. The van der Waals surface area contributed by atoms with Gasteiger partial charge in [-0.1, -0.05) is 13.8 Å². The molecule has 2 atom stereocenters. The number of aliphatic hydroxyl groups excluding tert-OH is 1. The van der Waals surface area contributed by atoms with Gasteiger partial charge in [0.05, 0.1) is 0 Å². The molecule has 0 bridgehead atoms. The molecule has 0 saturated carbocycles. The summed E-state index contributed by atoms with van der Waals surface area (Å²) in [6.45, 7) is 3.77. The molecule has 74 valence electrons. The second-order valence-electron chi connectivity index (χ2n) is 3.27. The Morgan fingerprint density at radius 1 is 1.42 bits per heavy atom. The van der Waals surface area contributed by atoms with Crippen molar-refractivity contribution in [2.45, 2.75) is 31.7 Å². The highest BCUT2D eigenvalue weighted by Gasteiger charge is 2.25. The average molecular weight is 196 g/mol. The molecule has 1 unspecified atom stereocenters. The van der Waals surface area contributed by atoms with Gasteiger partial charge in [-0.3, -0.25) is 0 Å². The van der Waals surface area contributed by atoms with Crippen molar-refractivity contribution in [3.8, 4) is 0 Å². The van der Waals surface area contributed by atoms with E-state index in [1.54, 1.807) is 0 Å². The average Bonchev–Trinajstić information content (AvgIpc) is 1.82. The molecule has 0 heterocycles. The van der Waals surface area contributed by atoms with Crippen LogP contribution in [0.2, 0.25) is 0 Å². The van der Waals surface area contributed by atoms with Crippen LogP contribution < -0.4 is 10.9 Å². The van der Waals surface area contributed by atoms with Gasteiger partial charge < -0.3 is 10.8 Å². The maximum absolute atomic E-state index is 10.6. The van der Waals surface area contributed by atoms with Crippen LogP contribution in [0.25, 0.3) is 0 Å². The van der Waals surface area contributed by atoms with Gasteiger partial charge in [-0.05, 0) is 12.3 Å². The van der Waals surface area contributed by atoms with Crippen molar-refractivity contribution in [2.75, 3.05) is 0 Å². The van der Waals surface area contributed by atoms with Gasteiger partial charge in [0.25, 0.3) is 0 Å². The summed E-state index contributed by atoms with van der Waals surface area (Å²) in [6.07, 6.45) is 0.428. The number of hydrogen-bond acceptors (Lipinski definition) is 4. The van der Waals surface area contributed by atoms with E-state index in [0.717, 1.165) is 0 Å². The third-order valence-corrected chi connectivity index (χ3v) is 2.47. The predicted molar refractivity (Wildman–Crippen MR) is 46.5 cm³/mol. The lowest BCUT2D eigenvalue weighted by molar-refractivity contribution is 0.204. The Morgan fingerprint density at radius 2 is 1.83 bits per heavy atom. The first-order valence-electron chi connectivity index (χ1n) is 3.70. The lowest BCUT2D eigenvalue weighted by Crippen LogP contribution is -2.44. The van der Waals surface area contributed by atoms with Crippen LogP contribution in [0.15, 0.2) is 0 Å². The van der Waals surface area contributed by atoms with Crippen LogP contribution in [0, 0.1) is 5.92 Å². The van der Waals surface area contributed by atoms with Crippen LogP contribution in [0.4, 0.5) is 0 Å². The second-order valence-corrected chi connectivity index (χ2v) is 4.93. The normalized spacial score (nSPS) is 17.8. The highest BCUT2D eigenvalue weighted by atomic mass is 32.2. The van der Waals surface area contributed by atoms with Crippen molar-refractivity contribution in [1.82, 2.24) is 0 Å². The molecule has 0 radical (unpaired) electrons. The molecule has 0 spiro atoms. The first-order valence-corrected chi connectivity index (χ1v) is 5.31. The molecule has 5 N–H and O–H groups in total. The maximum Gasteiger partial charge on any atom is 0.237 e. The molecular weight excluding hydrogens is 180 g/mol. The zero-order valence-corrected chi connectivity index (χ0v) is 8.08. The minimum Gasteiger partial charge on any atom is -0.375 e. The zero-order chi connectivity index (χ0) is 9.94. The summed E-state index contributed by atoms with van der Waals surface area (Å²) in [4.78, 5) is 0. The van der Waals surface area contributed by atoms with Crippen molar-refractivity contribution in [3.63, 3.8) is 0 Å². The summed E-state index contributed by atoms with van der Waals surface area (Å²) in [6, 6.07) is -0.806. The third-order valence-electron chi connectivity index (χ3n) is 1.45. The monoisotopic (exact) mass is 196 g/mol. The minimum absolute atomic E-state index is 0.233. The Morgan fingerprint density at radius 3 is 2.08 bits per heavy atom. The maximum atomic E-state index is 10.6. The van der Waals surface area contributed by atoms with Gasteiger partial charge in [-0.25, -0.2) is 13.6 Å². The molecule has 12 heavy (non-hydrogen) atoms. The minimum atomic E-state index is -3.92. The molecule has 0 aromatic carbocycles. The molecule has 6 heteroatoms. The first-order chi connectivity index (χ1) is 5.25. The lowest BCUT2D eigenvalue weighted by Gasteiger charge is -2.18. The molecule has 0 rings (SSSR count). The van der Waals surface area contributed by atoms with Gasteiger partial charge in [0, 0.05) is 6.04 Å². The van der Waals surface area contributed by atoms with Crippen LogP contribution in [0.1, 0.15) is 20.3 Å². The van der Waals surface area contributed by atoms with E-state index in [1.807, 2.05) is 13.8 Å². The fraction of sp³-hybridized carbons (Fsp3) is 1.00. The van der Waals surface area contributed by atoms with Crippen LogP contribution in [0.5, 0.6) is 0 Å². The SMILES string of the molecule is CC(C)C[C@H](N)C(O)S(N)(=O)=O. The molecule has 0 aliphatic rings. The molecule has 0 aromatic heterocycles. The van der Waals surface area contributed by atoms with Gasteiger partial charge in [-0.15, -0.1) is 0 Å². The largest absolute Gasteiger partial charge is 0.375 e. The van der Waals surface area contributed by atoms with E-state index < -0.39 is 21.5 Å². The van der Waals surface area contributed by atoms with E-state index in [1.165, 1.54) is 0 Å². The Hall–Kier alpha value is -0.170. The Bertz CT molecular complexity index is 225. The first kappa shape index (κ1) is 11.8. The predicted octanol–water partition coefficient (Wildman–Crippen LogP) is -1.03. The van der Waals surface area contributed by atoms with E-state index >= 15 is 0 Å². The highest BCUT2D eigenvalue weighted by Crippen LogP contribution is 2.08. The Labute approximate surface area is 72.8 Å². The standard InChI is InChI=1S/C6H16N2O3S/c1-4(2)3-5(7)6(9)12(8,10)11/h4-6,9H,3,7H2,1-2H3,(H2,8,10,11)/t5-,6?/m0/s1. The number of primary sulfonamides is 1. The quantitative estimate of drug-likeness (QED) is 0.534. The van der Waals surface area contributed by atoms with E-state index in [9.17, 15) is 8.42 Å². The van der Waals surface area contributed by atoms with E-state index in [4.69, 9.17) is 16.0 Å². The molecule has 0 saturated heterocycles. The molecule has 0 aromatic rings. The number of aliphatic hydroxyl groups is 1. The summed E-state index contributed by atoms with van der Waals surface area (Å²) >= 11 is 0. The van der Waals surface area contributed by atoms with E-state index in [0.29, 0.717) is 6.42 Å². The fourth-order valence-electron chi connectivity index (χ4n) is 0.904. The number of hydrogen-bond donors (Lipinski definition) is 3. The Kier molecular flexibility index (Phi) is 4.12. The smallest absolute Gasteiger partial charge is 0.237 e. The van der Waals surface area contributed by atoms with Gasteiger partial charge in [-0.2, -0.15) is 0 Å². The van der Waals surface area contributed by atoms with Crippen LogP contribution in [0.3, 0.4) is 0 Å². The molecule has 0 fully saturated rings. The van der Waals surface area contributed by atoms with Gasteiger partial charge >= 0.3 is 0 Å². The van der Waals surface area contributed by atoms with E-state index in [2.05, 4.69) is 0 Å². The molecule has 5 nitrogen and oxygen atoms in total. The molecule has 0 aliphatic heterocycles. The van der Waals surface area contributed by atoms with E-state index in [-0.39, 0.29) is 5.92 Å².